The van der Waals surface area contributed by atoms with Crippen molar-refractivity contribution >= 4 is 73.7 Å². The molecule has 0 aliphatic carbocycles. The van der Waals surface area contributed by atoms with Crippen LogP contribution in [0.2, 0.25) is 0 Å². The van der Waals surface area contributed by atoms with Crippen LogP contribution in [0.3, 0.4) is 0 Å². The molecular formula is C11H11I3O4. The van der Waals surface area contributed by atoms with Crippen molar-refractivity contribution in [2.24, 2.45) is 0 Å². The monoisotopic (exact) mass is 588 g/mol. The summed E-state index contributed by atoms with van der Waals surface area (Å²) in [5.41, 5.74) is -0.0908. The molecule has 2 N–H and O–H groups in total. The number of phenols is 1. The summed E-state index contributed by atoms with van der Waals surface area (Å²) < 4.78 is 7.57. The van der Waals surface area contributed by atoms with Gasteiger partial charge in [-0.3, -0.25) is 0 Å². The van der Waals surface area contributed by atoms with E-state index in [2.05, 4.69) is 45.2 Å². The fourth-order valence-corrected chi connectivity index (χ4v) is 3.74. The molecule has 0 heterocycles. The first-order chi connectivity index (χ1) is 8.41. The van der Waals surface area contributed by atoms with Crippen LogP contribution in [-0.2, 0) is 0 Å². The van der Waals surface area contributed by atoms with E-state index in [4.69, 9.17) is 9.84 Å². The molecule has 0 aliphatic heterocycles. The highest BCUT2D eigenvalue weighted by molar-refractivity contribution is 14.1. The summed E-state index contributed by atoms with van der Waals surface area (Å²) in [6, 6.07) is 0. The van der Waals surface area contributed by atoms with Gasteiger partial charge in [-0.2, -0.15) is 0 Å². The van der Waals surface area contributed by atoms with Crippen molar-refractivity contribution in [2.45, 2.75) is 19.8 Å². The Morgan fingerprint density at radius 2 is 1.83 bits per heavy atom. The molecular weight excluding hydrogens is 577 g/mol. The van der Waals surface area contributed by atoms with Gasteiger partial charge in [-0.1, -0.05) is 13.3 Å². The lowest BCUT2D eigenvalue weighted by molar-refractivity contribution is 0.0691. The van der Waals surface area contributed by atoms with Crippen LogP contribution in [0, 0.1) is 10.7 Å². The molecule has 7 heteroatoms. The fraction of sp³-hybridized carbons (Fsp3) is 0.364. The van der Waals surface area contributed by atoms with E-state index in [1.165, 1.54) is 0 Å². The molecule has 0 fully saturated rings. The molecule has 1 aromatic rings. The second-order valence-corrected chi connectivity index (χ2v) is 6.74. The maximum Gasteiger partial charge on any atom is 0.340 e. The molecule has 0 saturated carbocycles. The minimum absolute atomic E-state index is 0.0908. The molecule has 100 valence electrons. The van der Waals surface area contributed by atoms with Gasteiger partial charge in [0.05, 0.1) is 10.2 Å². The number of hydrogen-bond acceptors (Lipinski definition) is 3. The minimum Gasteiger partial charge on any atom is -0.504 e. The topological polar surface area (TPSA) is 66.8 Å². The van der Waals surface area contributed by atoms with E-state index in [0.29, 0.717) is 10.2 Å². The third-order valence-electron chi connectivity index (χ3n) is 2.21. The Morgan fingerprint density at radius 3 is 2.33 bits per heavy atom. The predicted octanol–water partition coefficient (Wildman–Crippen LogP) is 4.08. The van der Waals surface area contributed by atoms with Gasteiger partial charge in [0.25, 0.3) is 0 Å². The van der Waals surface area contributed by atoms with Crippen molar-refractivity contribution in [3.8, 4) is 11.5 Å². The van der Waals surface area contributed by atoms with Crippen molar-refractivity contribution in [1.82, 2.24) is 0 Å². The average molecular weight is 588 g/mol. The maximum absolute atomic E-state index is 11.2. The van der Waals surface area contributed by atoms with E-state index in [0.717, 1.165) is 20.0 Å². The van der Waals surface area contributed by atoms with E-state index in [-0.39, 0.29) is 17.1 Å². The van der Waals surface area contributed by atoms with Gasteiger partial charge in [0.15, 0.2) is 11.5 Å². The number of aromatic hydroxyl groups is 1. The summed E-state index contributed by atoms with van der Waals surface area (Å²) in [5.74, 6) is -1.16. The SMILES string of the molecule is CCCCOc1c(O)c(C(=O)O)c(I)c(I)c1I. The summed E-state index contributed by atoms with van der Waals surface area (Å²) in [6.45, 7) is 2.50. The van der Waals surface area contributed by atoms with Crippen LogP contribution < -0.4 is 4.74 Å². The fourth-order valence-electron chi connectivity index (χ4n) is 1.27. The Balaban J connectivity index is 3.29. The predicted molar refractivity (Wildman–Crippen MR) is 93.6 cm³/mol. The lowest BCUT2D eigenvalue weighted by Crippen LogP contribution is -2.08. The van der Waals surface area contributed by atoms with Crippen molar-refractivity contribution in [3.05, 3.63) is 16.3 Å². The molecule has 0 aliphatic rings. The average Bonchev–Trinajstić information content (AvgIpc) is 2.30. The quantitative estimate of drug-likeness (QED) is 0.310. The zero-order valence-corrected chi connectivity index (χ0v) is 15.9. The second kappa shape index (κ2) is 7.31. The Hall–Kier alpha value is 0.480. The molecule has 0 saturated heterocycles. The number of rotatable bonds is 5. The van der Waals surface area contributed by atoms with Gasteiger partial charge < -0.3 is 14.9 Å². The Labute approximate surface area is 146 Å². The van der Waals surface area contributed by atoms with Gasteiger partial charge >= 0.3 is 5.97 Å². The molecule has 0 bridgehead atoms. The number of carboxylic acid groups (broad SMARTS) is 1. The first-order valence-corrected chi connectivity index (χ1v) is 8.40. The summed E-state index contributed by atoms with van der Waals surface area (Å²) in [7, 11) is 0. The van der Waals surface area contributed by atoms with Gasteiger partial charge in [0.1, 0.15) is 5.56 Å². The van der Waals surface area contributed by atoms with Crippen LogP contribution >= 0.6 is 67.8 Å². The van der Waals surface area contributed by atoms with E-state index < -0.39 is 5.97 Å². The standard InChI is InChI=1S/C11H11I3O4/c1-2-3-4-18-10-8(14)7(13)6(12)5(9(10)15)11(16)17/h15H,2-4H2,1H3,(H,16,17). The first kappa shape index (κ1) is 16.5. The number of benzene rings is 1. The molecule has 0 amide bonds. The number of carboxylic acids is 1. The smallest absolute Gasteiger partial charge is 0.340 e. The minimum atomic E-state index is -1.15. The normalized spacial score (nSPS) is 10.4. The molecule has 0 radical (unpaired) electrons. The van der Waals surface area contributed by atoms with Gasteiger partial charge in [0, 0.05) is 7.14 Å². The zero-order chi connectivity index (χ0) is 13.9. The zero-order valence-electron chi connectivity index (χ0n) is 9.47. The highest BCUT2D eigenvalue weighted by atomic mass is 127. The number of ether oxygens (including phenoxy) is 1. The molecule has 18 heavy (non-hydrogen) atoms. The van der Waals surface area contributed by atoms with E-state index >= 15 is 0 Å². The summed E-state index contributed by atoms with van der Waals surface area (Å²) >= 11 is 6.04. The summed E-state index contributed by atoms with van der Waals surface area (Å²) in [5, 5.41) is 19.2. The number of halogens is 3. The largest absolute Gasteiger partial charge is 0.504 e. The molecule has 4 nitrogen and oxygen atoms in total. The van der Waals surface area contributed by atoms with Gasteiger partial charge in [-0.05, 0) is 74.2 Å². The lowest BCUT2D eigenvalue weighted by atomic mass is 10.2. The third-order valence-corrected chi connectivity index (χ3v) is 7.47. The van der Waals surface area contributed by atoms with Crippen molar-refractivity contribution < 1.29 is 19.7 Å². The Kier molecular flexibility index (Phi) is 6.72. The van der Waals surface area contributed by atoms with Gasteiger partial charge in [0.2, 0.25) is 0 Å². The van der Waals surface area contributed by atoms with Crippen LogP contribution in [0.15, 0.2) is 0 Å². The van der Waals surface area contributed by atoms with E-state index in [1.807, 2.05) is 29.5 Å². The number of aromatic carboxylic acids is 1. The molecule has 0 aromatic heterocycles. The lowest BCUT2D eigenvalue weighted by Gasteiger charge is -2.15. The van der Waals surface area contributed by atoms with Crippen LogP contribution in [0.4, 0.5) is 0 Å². The number of carbonyl (C=O) groups is 1. The van der Waals surface area contributed by atoms with Crippen LogP contribution in [-0.4, -0.2) is 22.8 Å². The number of hydrogen-bond donors (Lipinski definition) is 2. The number of unbranched alkanes of at least 4 members (excludes halogenated alkanes) is 1. The molecule has 1 aromatic carbocycles. The van der Waals surface area contributed by atoms with E-state index in [9.17, 15) is 9.90 Å². The maximum atomic E-state index is 11.2. The first-order valence-electron chi connectivity index (χ1n) is 5.17. The Bertz CT molecular complexity index is 474. The van der Waals surface area contributed by atoms with Crippen molar-refractivity contribution in [3.63, 3.8) is 0 Å². The van der Waals surface area contributed by atoms with Crippen LogP contribution in [0.1, 0.15) is 30.1 Å². The van der Waals surface area contributed by atoms with Crippen LogP contribution in [0.25, 0.3) is 0 Å². The third kappa shape index (κ3) is 3.52. The van der Waals surface area contributed by atoms with Gasteiger partial charge in [-0.15, -0.1) is 0 Å². The molecule has 0 atom stereocenters. The van der Waals surface area contributed by atoms with Gasteiger partial charge in [-0.25, -0.2) is 4.79 Å². The van der Waals surface area contributed by atoms with Crippen LogP contribution in [0.5, 0.6) is 11.5 Å². The molecule has 0 unspecified atom stereocenters. The van der Waals surface area contributed by atoms with Crippen molar-refractivity contribution in [1.29, 1.82) is 0 Å². The van der Waals surface area contributed by atoms with E-state index in [1.54, 1.807) is 0 Å². The molecule has 1 rings (SSSR count). The Morgan fingerprint density at radius 1 is 1.22 bits per heavy atom. The second-order valence-electron chi connectivity index (χ2n) is 3.50. The highest BCUT2D eigenvalue weighted by Crippen LogP contribution is 2.41. The summed E-state index contributed by atoms with van der Waals surface area (Å²) in [4.78, 5) is 11.2. The molecule has 0 spiro atoms. The summed E-state index contributed by atoms with van der Waals surface area (Å²) in [6.07, 6.45) is 1.84. The highest BCUT2D eigenvalue weighted by Gasteiger charge is 2.25. The van der Waals surface area contributed by atoms with Crippen molar-refractivity contribution in [2.75, 3.05) is 6.61 Å².